The molecule has 0 saturated carbocycles. The molecule has 6 nitrogen and oxygen atoms in total. The average Bonchev–Trinajstić information content (AvgIpc) is 2.77. The Morgan fingerprint density at radius 2 is 1.84 bits per heavy atom. The Bertz CT molecular complexity index is 875. The summed E-state index contributed by atoms with van der Waals surface area (Å²) in [6.07, 6.45) is -0.128. The van der Waals surface area contributed by atoms with E-state index in [0.29, 0.717) is 19.7 Å². The first-order valence-electron chi connectivity index (χ1n) is 10.6. The second kappa shape index (κ2) is 11.0. The Morgan fingerprint density at radius 1 is 1.13 bits per heavy atom. The van der Waals surface area contributed by atoms with E-state index in [0.717, 1.165) is 13.1 Å². The molecule has 1 aliphatic rings. The molecule has 1 heterocycles. The first kappa shape index (κ1) is 22.9. The summed E-state index contributed by atoms with van der Waals surface area (Å²) in [5, 5.41) is 5.55. The fraction of sp³-hybridized carbons (Fsp3) is 0.417. The lowest BCUT2D eigenvalue weighted by molar-refractivity contribution is -0.125. The summed E-state index contributed by atoms with van der Waals surface area (Å²) in [4.78, 5) is 27.5. The molecule has 2 atom stereocenters. The largest absolute Gasteiger partial charge is 0.374 e. The highest BCUT2D eigenvalue weighted by molar-refractivity contribution is 5.97. The van der Waals surface area contributed by atoms with Gasteiger partial charge < -0.3 is 15.4 Å². The third-order valence-corrected chi connectivity index (χ3v) is 5.33. The molecule has 0 aliphatic carbocycles. The van der Waals surface area contributed by atoms with Gasteiger partial charge >= 0.3 is 0 Å². The topological polar surface area (TPSA) is 70.7 Å². The quantitative estimate of drug-likeness (QED) is 0.680. The van der Waals surface area contributed by atoms with Crippen LogP contribution in [0, 0.1) is 11.7 Å². The van der Waals surface area contributed by atoms with Crippen molar-refractivity contribution >= 4 is 11.8 Å². The molecule has 2 aromatic carbocycles. The summed E-state index contributed by atoms with van der Waals surface area (Å²) < 4.78 is 19.7. The van der Waals surface area contributed by atoms with E-state index >= 15 is 0 Å². The number of morpholine rings is 1. The molecule has 1 fully saturated rings. The van der Waals surface area contributed by atoms with E-state index in [-0.39, 0.29) is 23.5 Å². The van der Waals surface area contributed by atoms with Crippen LogP contribution < -0.4 is 10.6 Å². The number of carbonyl (C=O) groups excluding carboxylic acids is 2. The zero-order chi connectivity index (χ0) is 22.2. The van der Waals surface area contributed by atoms with Crippen LogP contribution in [0.2, 0.25) is 0 Å². The van der Waals surface area contributed by atoms with Crippen LogP contribution in [0.3, 0.4) is 0 Å². The number of nitrogens with one attached hydrogen (secondary N) is 2. The van der Waals surface area contributed by atoms with E-state index in [9.17, 15) is 14.0 Å². The number of amides is 2. The SMILES string of the molecule is CC(C)C(NC(=O)c1ccccc1F)C(=O)NCC1CN(Cc2ccccc2)CCO1. The van der Waals surface area contributed by atoms with Crippen LogP contribution in [0.25, 0.3) is 0 Å². The molecule has 0 aromatic heterocycles. The molecular formula is C24H30FN3O3. The predicted octanol–water partition coefficient (Wildman–Crippen LogP) is 2.60. The van der Waals surface area contributed by atoms with E-state index in [1.807, 2.05) is 32.0 Å². The normalized spacial score (nSPS) is 17.9. The lowest BCUT2D eigenvalue weighted by Gasteiger charge is -2.33. The first-order valence-corrected chi connectivity index (χ1v) is 10.6. The van der Waals surface area contributed by atoms with E-state index in [2.05, 4.69) is 27.7 Å². The van der Waals surface area contributed by atoms with Crippen molar-refractivity contribution in [3.8, 4) is 0 Å². The summed E-state index contributed by atoms with van der Waals surface area (Å²) in [5.41, 5.74) is 1.16. The molecule has 2 aromatic rings. The monoisotopic (exact) mass is 427 g/mol. The van der Waals surface area contributed by atoms with Gasteiger partial charge in [0.1, 0.15) is 11.9 Å². The predicted molar refractivity (Wildman–Crippen MR) is 117 cm³/mol. The van der Waals surface area contributed by atoms with E-state index in [1.165, 1.54) is 23.8 Å². The highest BCUT2D eigenvalue weighted by atomic mass is 19.1. The van der Waals surface area contributed by atoms with Crippen molar-refractivity contribution in [1.82, 2.24) is 15.5 Å². The highest BCUT2D eigenvalue weighted by Crippen LogP contribution is 2.11. The Balaban J connectivity index is 1.52. The van der Waals surface area contributed by atoms with Crippen LogP contribution in [0.1, 0.15) is 29.8 Å². The summed E-state index contributed by atoms with van der Waals surface area (Å²) in [6.45, 7) is 7.01. The second-order valence-corrected chi connectivity index (χ2v) is 8.13. The maximum atomic E-state index is 13.9. The van der Waals surface area contributed by atoms with Crippen molar-refractivity contribution < 1.29 is 18.7 Å². The molecule has 1 aliphatic heterocycles. The molecule has 0 bridgehead atoms. The van der Waals surface area contributed by atoms with Gasteiger partial charge in [0.25, 0.3) is 5.91 Å². The van der Waals surface area contributed by atoms with Crippen molar-refractivity contribution in [3.63, 3.8) is 0 Å². The number of hydrogen-bond donors (Lipinski definition) is 2. The van der Waals surface area contributed by atoms with Crippen molar-refractivity contribution in [2.45, 2.75) is 32.5 Å². The van der Waals surface area contributed by atoms with Crippen molar-refractivity contribution in [2.24, 2.45) is 5.92 Å². The minimum absolute atomic E-state index is 0.0758. The maximum absolute atomic E-state index is 13.9. The molecule has 166 valence electrons. The number of hydrogen-bond acceptors (Lipinski definition) is 4. The molecule has 1 saturated heterocycles. The van der Waals surface area contributed by atoms with Gasteiger partial charge in [-0.2, -0.15) is 0 Å². The Labute approximate surface area is 182 Å². The van der Waals surface area contributed by atoms with Gasteiger partial charge in [-0.25, -0.2) is 4.39 Å². The maximum Gasteiger partial charge on any atom is 0.254 e. The third-order valence-electron chi connectivity index (χ3n) is 5.33. The summed E-state index contributed by atoms with van der Waals surface area (Å²) >= 11 is 0. The van der Waals surface area contributed by atoms with Crippen LogP contribution >= 0.6 is 0 Å². The fourth-order valence-corrected chi connectivity index (χ4v) is 3.61. The molecule has 31 heavy (non-hydrogen) atoms. The van der Waals surface area contributed by atoms with E-state index < -0.39 is 17.8 Å². The summed E-state index contributed by atoms with van der Waals surface area (Å²) in [6, 6.07) is 15.2. The standard InChI is InChI=1S/C24H30FN3O3/c1-17(2)22(27-23(29)20-10-6-7-11-21(20)25)24(30)26-14-19-16-28(12-13-31-19)15-18-8-4-3-5-9-18/h3-11,17,19,22H,12-16H2,1-2H3,(H,26,30)(H,27,29). The molecule has 0 spiro atoms. The van der Waals surface area contributed by atoms with Gasteiger partial charge in [-0.3, -0.25) is 14.5 Å². The molecule has 7 heteroatoms. The highest BCUT2D eigenvalue weighted by Gasteiger charge is 2.27. The third kappa shape index (κ3) is 6.60. The minimum Gasteiger partial charge on any atom is -0.374 e. The molecule has 3 rings (SSSR count). The van der Waals surface area contributed by atoms with Gasteiger partial charge in [-0.05, 0) is 23.6 Å². The van der Waals surface area contributed by atoms with Gasteiger partial charge in [-0.15, -0.1) is 0 Å². The smallest absolute Gasteiger partial charge is 0.254 e. The number of ether oxygens (including phenoxy) is 1. The van der Waals surface area contributed by atoms with Crippen molar-refractivity contribution in [3.05, 3.63) is 71.5 Å². The molecule has 0 radical (unpaired) electrons. The van der Waals surface area contributed by atoms with Gasteiger partial charge in [-0.1, -0.05) is 56.3 Å². The molecule has 2 amide bonds. The van der Waals surface area contributed by atoms with E-state index in [1.54, 1.807) is 6.07 Å². The number of benzene rings is 2. The zero-order valence-corrected chi connectivity index (χ0v) is 18.0. The minimum atomic E-state index is -0.767. The summed E-state index contributed by atoms with van der Waals surface area (Å²) in [5.74, 6) is -1.67. The number of rotatable bonds is 8. The van der Waals surface area contributed by atoms with Crippen LogP contribution in [0.15, 0.2) is 54.6 Å². The van der Waals surface area contributed by atoms with Crippen molar-refractivity contribution in [1.29, 1.82) is 0 Å². The van der Waals surface area contributed by atoms with Gasteiger partial charge in [0.15, 0.2) is 0 Å². The summed E-state index contributed by atoms with van der Waals surface area (Å²) in [7, 11) is 0. The van der Waals surface area contributed by atoms with Crippen LogP contribution in [0.4, 0.5) is 4.39 Å². The zero-order valence-electron chi connectivity index (χ0n) is 18.0. The Kier molecular flexibility index (Phi) is 8.14. The molecule has 2 unspecified atom stereocenters. The van der Waals surface area contributed by atoms with Gasteiger partial charge in [0.05, 0.1) is 18.3 Å². The second-order valence-electron chi connectivity index (χ2n) is 8.13. The van der Waals surface area contributed by atoms with E-state index in [4.69, 9.17) is 4.74 Å². The van der Waals surface area contributed by atoms with Crippen LogP contribution in [0.5, 0.6) is 0 Å². The van der Waals surface area contributed by atoms with Gasteiger partial charge in [0.2, 0.25) is 5.91 Å². The number of halogens is 1. The molecular weight excluding hydrogens is 397 g/mol. The fourth-order valence-electron chi connectivity index (χ4n) is 3.61. The van der Waals surface area contributed by atoms with Crippen molar-refractivity contribution in [2.75, 3.05) is 26.2 Å². The van der Waals surface area contributed by atoms with Crippen LogP contribution in [-0.2, 0) is 16.1 Å². The Hall–Kier alpha value is -2.77. The molecule has 2 N–H and O–H groups in total. The average molecular weight is 428 g/mol. The number of carbonyl (C=O) groups is 2. The van der Waals surface area contributed by atoms with Gasteiger partial charge in [0, 0.05) is 26.2 Å². The Morgan fingerprint density at radius 3 is 2.55 bits per heavy atom. The lowest BCUT2D eigenvalue weighted by Crippen LogP contribution is -2.53. The first-order chi connectivity index (χ1) is 14.9. The van der Waals surface area contributed by atoms with Crippen LogP contribution in [-0.4, -0.2) is 55.1 Å². The lowest BCUT2D eigenvalue weighted by atomic mass is 10.0. The number of nitrogens with zero attached hydrogens (tertiary/aromatic N) is 1.